The molecule has 0 fully saturated rings. The van der Waals surface area contributed by atoms with Gasteiger partial charge in [0.25, 0.3) is 11.8 Å². The van der Waals surface area contributed by atoms with Gasteiger partial charge >= 0.3 is 0 Å². The van der Waals surface area contributed by atoms with E-state index in [1.807, 2.05) is 34.6 Å². The fourth-order valence-electron chi connectivity index (χ4n) is 2.61. The maximum atomic E-state index is 12.5. The average Bonchev–Trinajstić information content (AvgIpc) is 2.96. The summed E-state index contributed by atoms with van der Waals surface area (Å²) in [6, 6.07) is 4.98. The summed E-state index contributed by atoms with van der Waals surface area (Å²) >= 11 is 5.91. The van der Waals surface area contributed by atoms with Gasteiger partial charge < -0.3 is 19.8 Å². The van der Waals surface area contributed by atoms with E-state index >= 15 is 0 Å². The van der Waals surface area contributed by atoms with Crippen LogP contribution < -0.4 is 15.4 Å². The minimum atomic E-state index is -0.286. The van der Waals surface area contributed by atoms with Gasteiger partial charge in [0.05, 0.1) is 6.26 Å². The third-order valence-electron chi connectivity index (χ3n) is 4.63. The first-order chi connectivity index (χ1) is 13.2. The van der Waals surface area contributed by atoms with E-state index in [0.717, 1.165) is 16.7 Å². The average molecular weight is 407 g/mol. The Kier molecular flexibility index (Phi) is 7.52. The molecule has 1 aromatic heterocycles. The molecule has 0 bridgehead atoms. The first-order valence-corrected chi connectivity index (χ1v) is 9.58. The summed E-state index contributed by atoms with van der Waals surface area (Å²) in [4.78, 5) is 24.6. The fraction of sp³-hybridized carbons (Fsp3) is 0.429. The van der Waals surface area contributed by atoms with Gasteiger partial charge in [0.2, 0.25) is 0 Å². The van der Waals surface area contributed by atoms with Crippen LogP contribution in [0.1, 0.15) is 41.1 Å². The maximum Gasteiger partial charge on any atom is 0.287 e. The number of hydrogen-bond acceptors (Lipinski definition) is 4. The lowest BCUT2D eigenvalue weighted by Crippen LogP contribution is -2.47. The Balaban J connectivity index is 1.87. The summed E-state index contributed by atoms with van der Waals surface area (Å²) in [6.45, 7) is 9.73. The second-order valence-electron chi connectivity index (χ2n) is 7.20. The first kappa shape index (κ1) is 21.8. The lowest BCUT2D eigenvalue weighted by atomic mass is 10.0. The summed E-state index contributed by atoms with van der Waals surface area (Å²) in [7, 11) is 0. The highest BCUT2D eigenvalue weighted by Gasteiger charge is 2.22. The Labute approximate surface area is 170 Å². The summed E-state index contributed by atoms with van der Waals surface area (Å²) in [6.07, 6.45) is 1.56. The molecule has 6 nitrogen and oxygen atoms in total. The maximum absolute atomic E-state index is 12.5. The van der Waals surface area contributed by atoms with Crippen molar-refractivity contribution in [3.05, 3.63) is 51.9 Å². The van der Waals surface area contributed by atoms with Crippen LogP contribution in [0.25, 0.3) is 0 Å². The number of halogens is 1. The number of carbonyl (C=O) groups excluding carboxylic acids is 2. The second kappa shape index (κ2) is 9.64. The molecule has 28 heavy (non-hydrogen) atoms. The number of carbonyl (C=O) groups is 2. The van der Waals surface area contributed by atoms with Crippen LogP contribution in [0.4, 0.5) is 0 Å². The molecule has 0 aliphatic heterocycles. The van der Waals surface area contributed by atoms with Crippen molar-refractivity contribution in [1.82, 2.24) is 10.6 Å². The van der Waals surface area contributed by atoms with E-state index in [0.29, 0.717) is 23.1 Å². The molecule has 0 spiro atoms. The third kappa shape index (κ3) is 5.76. The largest absolute Gasteiger partial charge is 0.484 e. The molecule has 152 valence electrons. The van der Waals surface area contributed by atoms with Crippen LogP contribution in [0, 0.1) is 26.7 Å². The van der Waals surface area contributed by atoms with E-state index in [1.165, 1.54) is 0 Å². The molecule has 0 saturated heterocycles. The van der Waals surface area contributed by atoms with Gasteiger partial charge in [-0.15, -0.1) is 0 Å². The zero-order chi connectivity index (χ0) is 20.8. The Bertz CT molecular complexity index is 845. The van der Waals surface area contributed by atoms with Crippen molar-refractivity contribution in [2.75, 3.05) is 13.2 Å². The van der Waals surface area contributed by atoms with Crippen LogP contribution in [0.3, 0.4) is 0 Å². The van der Waals surface area contributed by atoms with E-state index < -0.39 is 0 Å². The van der Waals surface area contributed by atoms with Crippen molar-refractivity contribution < 1.29 is 18.7 Å². The van der Waals surface area contributed by atoms with Crippen molar-refractivity contribution in [3.8, 4) is 5.75 Å². The van der Waals surface area contributed by atoms with Crippen molar-refractivity contribution in [2.24, 2.45) is 5.92 Å². The molecule has 1 unspecified atom stereocenters. The molecule has 1 heterocycles. The molecule has 1 atom stereocenters. The summed E-state index contributed by atoms with van der Waals surface area (Å²) < 4.78 is 10.9. The Morgan fingerprint density at radius 1 is 1.18 bits per heavy atom. The number of rotatable bonds is 8. The lowest BCUT2D eigenvalue weighted by molar-refractivity contribution is -0.123. The topological polar surface area (TPSA) is 80.6 Å². The molecule has 2 rings (SSSR count). The molecular weight excluding hydrogens is 380 g/mol. The zero-order valence-corrected chi connectivity index (χ0v) is 17.6. The van der Waals surface area contributed by atoms with Gasteiger partial charge in [0.15, 0.2) is 12.4 Å². The van der Waals surface area contributed by atoms with E-state index in [1.54, 1.807) is 24.5 Å². The van der Waals surface area contributed by atoms with Crippen LogP contribution in [-0.2, 0) is 4.79 Å². The molecular formula is C21H27ClN2O4. The number of furan rings is 1. The molecule has 2 N–H and O–H groups in total. The molecule has 0 aliphatic rings. The monoisotopic (exact) mass is 406 g/mol. The van der Waals surface area contributed by atoms with Gasteiger partial charge in [0.1, 0.15) is 5.75 Å². The normalized spacial score (nSPS) is 12.0. The highest BCUT2D eigenvalue weighted by atomic mass is 35.5. The van der Waals surface area contributed by atoms with Gasteiger partial charge in [0, 0.05) is 23.2 Å². The van der Waals surface area contributed by atoms with E-state index in [9.17, 15) is 9.59 Å². The van der Waals surface area contributed by atoms with Crippen molar-refractivity contribution in [3.63, 3.8) is 0 Å². The van der Waals surface area contributed by atoms with E-state index in [-0.39, 0.29) is 30.4 Å². The summed E-state index contributed by atoms with van der Waals surface area (Å²) in [5, 5.41) is 6.35. The predicted octanol–water partition coefficient (Wildman–Crippen LogP) is 3.81. The molecule has 0 saturated carbocycles. The van der Waals surface area contributed by atoms with E-state index in [2.05, 4.69) is 10.6 Å². The van der Waals surface area contributed by atoms with E-state index in [4.69, 9.17) is 20.8 Å². The number of ether oxygens (including phenoxy) is 1. The van der Waals surface area contributed by atoms with Gasteiger partial charge in [-0.3, -0.25) is 9.59 Å². The quantitative estimate of drug-likeness (QED) is 0.698. The fourth-order valence-corrected chi connectivity index (χ4v) is 2.83. The number of nitrogens with one attached hydrogen (secondary N) is 2. The lowest BCUT2D eigenvalue weighted by Gasteiger charge is -2.22. The number of aryl methyl sites for hydroxylation is 2. The van der Waals surface area contributed by atoms with Crippen LogP contribution in [0.5, 0.6) is 5.75 Å². The smallest absolute Gasteiger partial charge is 0.287 e. The van der Waals surface area contributed by atoms with Crippen molar-refractivity contribution in [1.29, 1.82) is 0 Å². The molecule has 7 heteroatoms. The van der Waals surface area contributed by atoms with Gasteiger partial charge in [-0.25, -0.2) is 0 Å². The van der Waals surface area contributed by atoms with Crippen molar-refractivity contribution >= 4 is 23.4 Å². The van der Waals surface area contributed by atoms with Gasteiger partial charge in [-0.05, 0) is 56.0 Å². The molecule has 2 aromatic rings. The van der Waals surface area contributed by atoms with Crippen LogP contribution in [0.15, 0.2) is 28.9 Å². The highest BCUT2D eigenvalue weighted by Crippen LogP contribution is 2.21. The van der Waals surface area contributed by atoms with Crippen LogP contribution in [0.2, 0.25) is 5.02 Å². The highest BCUT2D eigenvalue weighted by molar-refractivity contribution is 6.30. The number of benzene rings is 1. The minimum Gasteiger partial charge on any atom is -0.484 e. The Hall–Kier alpha value is -2.47. The standard InChI is InChI=1S/C21H27ClN2O4/c1-12(2)17(24-21(26)20-15(5)14(4)10-28-20)9-23-19(25)11-27-18-7-6-16(22)8-13(18)3/h6-8,10,12,17H,9,11H2,1-5H3,(H,23,25)(H,24,26). The Morgan fingerprint density at radius 2 is 1.89 bits per heavy atom. The number of amides is 2. The number of hydrogen-bond donors (Lipinski definition) is 2. The molecule has 0 radical (unpaired) electrons. The summed E-state index contributed by atoms with van der Waals surface area (Å²) in [5.41, 5.74) is 2.60. The minimum absolute atomic E-state index is 0.113. The zero-order valence-electron chi connectivity index (χ0n) is 16.9. The Morgan fingerprint density at radius 3 is 2.46 bits per heavy atom. The third-order valence-corrected chi connectivity index (χ3v) is 4.86. The summed E-state index contributed by atoms with van der Waals surface area (Å²) in [5.74, 6) is 0.485. The first-order valence-electron chi connectivity index (χ1n) is 9.20. The second-order valence-corrected chi connectivity index (χ2v) is 7.64. The van der Waals surface area contributed by atoms with Gasteiger partial charge in [-0.2, -0.15) is 0 Å². The molecule has 1 aromatic carbocycles. The molecule has 0 aliphatic carbocycles. The SMILES string of the molecule is Cc1cc(Cl)ccc1OCC(=O)NCC(NC(=O)c1occ(C)c1C)C(C)C. The van der Waals surface area contributed by atoms with Crippen LogP contribution >= 0.6 is 11.6 Å². The van der Waals surface area contributed by atoms with Crippen LogP contribution in [-0.4, -0.2) is 31.0 Å². The predicted molar refractivity (Wildman–Crippen MR) is 109 cm³/mol. The van der Waals surface area contributed by atoms with Crippen molar-refractivity contribution in [2.45, 2.75) is 40.7 Å². The molecule has 2 amide bonds. The van der Waals surface area contributed by atoms with Gasteiger partial charge in [-0.1, -0.05) is 25.4 Å².